The Labute approximate surface area is 186 Å². The standard InChI is InChI=1S/C29H20NOP/c1-30-24-15-16-27-29(28(24)23-17-19-9-5-6-10-20(19)18-25(23)30)22-13-7-8-14-26(22)32(27,31)21-11-3-2-4-12-21/h2-18H,1H3. The molecule has 3 heteroatoms. The Morgan fingerprint density at radius 1 is 0.656 bits per heavy atom. The summed E-state index contributed by atoms with van der Waals surface area (Å²) in [6, 6.07) is 35.5. The Bertz CT molecular complexity index is 1760. The van der Waals surface area contributed by atoms with Crippen molar-refractivity contribution in [2.45, 2.75) is 0 Å². The van der Waals surface area contributed by atoms with Gasteiger partial charge in [0.2, 0.25) is 0 Å². The zero-order chi connectivity index (χ0) is 21.4. The molecule has 0 aliphatic carbocycles. The molecule has 0 amide bonds. The molecule has 1 aliphatic heterocycles. The number of aromatic nitrogens is 1. The monoisotopic (exact) mass is 429 g/mol. The minimum absolute atomic E-state index is 0.899. The second kappa shape index (κ2) is 6.22. The van der Waals surface area contributed by atoms with Crippen LogP contribution in [-0.4, -0.2) is 4.57 Å². The first-order valence-corrected chi connectivity index (χ1v) is 12.6. The van der Waals surface area contributed by atoms with Gasteiger partial charge < -0.3 is 9.13 Å². The zero-order valence-electron chi connectivity index (χ0n) is 17.6. The van der Waals surface area contributed by atoms with E-state index in [1.165, 1.54) is 32.6 Å². The van der Waals surface area contributed by atoms with Crippen LogP contribution in [0.1, 0.15) is 0 Å². The number of fused-ring (bicyclic) bond motifs is 8. The van der Waals surface area contributed by atoms with Gasteiger partial charge in [-0.1, -0.05) is 78.9 Å². The Balaban J connectivity index is 1.70. The van der Waals surface area contributed by atoms with Gasteiger partial charge in [0.05, 0.1) is 0 Å². The molecule has 0 spiro atoms. The van der Waals surface area contributed by atoms with Crippen molar-refractivity contribution in [2.75, 3.05) is 0 Å². The fraction of sp³-hybridized carbons (Fsp3) is 0.0345. The molecule has 0 radical (unpaired) electrons. The van der Waals surface area contributed by atoms with E-state index < -0.39 is 7.14 Å². The van der Waals surface area contributed by atoms with E-state index in [1.807, 2.05) is 36.4 Å². The van der Waals surface area contributed by atoms with Crippen molar-refractivity contribution in [2.24, 2.45) is 7.05 Å². The molecule has 0 bridgehead atoms. The highest BCUT2D eigenvalue weighted by molar-refractivity contribution is 7.86. The smallest absolute Gasteiger partial charge is 0.172 e. The maximum absolute atomic E-state index is 14.9. The van der Waals surface area contributed by atoms with Crippen LogP contribution in [0.5, 0.6) is 0 Å². The molecule has 1 atom stereocenters. The van der Waals surface area contributed by atoms with Gasteiger partial charge in [0, 0.05) is 50.3 Å². The second-order valence-corrected chi connectivity index (χ2v) is 11.3. The lowest BCUT2D eigenvalue weighted by atomic mass is 9.98. The van der Waals surface area contributed by atoms with Crippen LogP contribution in [0.15, 0.2) is 103 Å². The maximum Gasteiger partial charge on any atom is 0.172 e. The van der Waals surface area contributed by atoms with Gasteiger partial charge >= 0.3 is 0 Å². The fourth-order valence-electron chi connectivity index (χ4n) is 5.51. The van der Waals surface area contributed by atoms with Crippen LogP contribution < -0.4 is 15.9 Å². The summed E-state index contributed by atoms with van der Waals surface area (Å²) in [6.07, 6.45) is 0. The van der Waals surface area contributed by atoms with Crippen LogP contribution >= 0.6 is 7.14 Å². The highest BCUT2D eigenvalue weighted by Crippen LogP contribution is 2.54. The predicted molar refractivity (Wildman–Crippen MR) is 136 cm³/mol. The lowest BCUT2D eigenvalue weighted by Crippen LogP contribution is -2.20. The number of hydrogen-bond donors (Lipinski definition) is 0. The van der Waals surface area contributed by atoms with Gasteiger partial charge in [-0.2, -0.15) is 0 Å². The average Bonchev–Trinajstić information content (AvgIpc) is 3.28. The molecule has 152 valence electrons. The van der Waals surface area contributed by atoms with E-state index in [0.717, 1.165) is 27.0 Å². The highest BCUT2D eigenvalue weighted by atomic mass is 31.2. The second-order valence-electron chi connectivity index (χ2n) is 8.59. The van der Waals surface area contributed by atoms with Crippen molar-refractivity contribution >= 4 is 55.6 Å². The van der Waals surface area contributed by atoms with Crippen molar-refractivity contribution in [1.29, 1.82) is 0 Å². The van der Waals surface area contributed by atoms with Crippen LogP contribution in [-0.2, 0) is 11.6 Å². The summed E-state index contributed by atoms with van der Waals surface area (Å²) in [5, 5.41) is 7.68. The number of hydrogen-bond acceptors (Lipinski definition) is 1. The molecule has 1 aliphatic rings. The SMILES string of the molecule is Cn1c2cc3ccccc3cc2c2c3c(ccc21)P(=O)(c1ccccc1)c1ccccc1-3. The van der Waals surface area contributed by atoms with Gasteiger partial charge in [0.15, 0.2) is 7.14 Å². The molecule has 5 aromatic carbocycles. The minimum Gasteiger partial charge on any atom is -0.344 e. The van der Waals surface area contributed by atoms with E-state index in [0.29, 0.717) is 0 Å². The summed E-state index contributed by atoms with van der Waals surface area (Å²) in [5.41, 5.74) is 4.60. The zero-order valence-corrected chi connectivity index (χ0v) is 18.5. The van der Waals surface area contributed by atoms with Crippen molar-refractivity contribution in [3.8, 4) is 11.1 Å². The highest BCUT2D eigenvalue weighted by Gasteiger charge is 2.41. The molecule has 0 N–H and O–H groups in total. The molecule has 0 saturated heterocycles. The summed E-state index contributed by atoms with van der Waals surface area (Å²) in [6.45, 7) is 0. The van der Waals surface area contributed by atoms with Crippen molar-refractivity contribution in [3.05, 3.63) is 103 Å². The number of aryl methyl sites for hydroxylation is 1. The molecule has 0 fully saturated rings. The first-order chi connectivity index (χ1) is 15.7. The summed E-state index contributed by atoms with van der Waals surface area (Å²) < 4.78 is 17.1. The largest absolute Gasteiger partial charge is 0.344 e. The van der Waals surface area contributed by atoms with Crippen molar-refractivity contribution in [1.82, 2.24) is 4.57 Å². The first kappa shape index (κ1) is 18.0. The lowest BCUT2D eigenvalue weighted by molar-refractivity contribution is 0.593. The van der Waals surface area contributed by atoms with Gasteiger partial charge in [-0.25, -0.2) is 0 Å². The number of nitrogens with zero attached hydrogens (tertiary/aromatic N) is 1. The van der Waals surface area contributed by atoms with Gasteiger partial charge in [0.25, 0.3) is 0 Å². The van der Waals surface area contributed by atoms with Gasteiger partial charge in [-0.05, 0) is 40.6 Å². The van der Waals surface area contributed by atoms with Crippen LogP contribution in [0.2, 0.25) is 0 Å². The first-order valence-electron chi connectivity index (χ1n) is 10.9. The van der Waals surface area contributed by atoms with Crippen LogP contribution in [0.4, 0.5) is 0 Å². The van der Waals surface area contributed by atoms with E-state index in [4.69, 9.17) is 0 Å². The molecule has 1 unspecified atom stereocenters. The Hall–Kier alpha value is -3.61. The molecule has 32 heavy (non-hydrogen) atoms. The van der Waals surface area contributed by atoms with Gasteiger partial charge in [-0.15, -0.1) is 0 Å². The van der Waals surface area contributed by atoms with E-state index in [9.17, 15) is 4.57 Å². The lowest BCUT2D eigenvalue weighted by Gasteiger charge is -2.15. The van der Waals surface area contributed by atoms with Gasteiger partial charge in [0.1, 0.15) is 0 Å². The normalized spacial score (nSPS) is 17.2. The van der Waals surface area contributed by atoms with Crippen molar-refractivity contribution in [3.63, 3.8) is 0 Å². The topological polar surface area (TPSA) is 22.0 Å². The Morgan fingerprint density at radius 3 is 2.16 bits per heavy atom. The Kier molecular flexibility index (Phi) is 3.50. The molecule has 7 rings (SSSR count). The van der Waals surface area contributed by atoms with E-state index in [1.54, 1.807) is 0 Å². The third kappa shape index (κ3) is 2.13. The minimum atomic E-state index is -2.93. The number of benzene rings is 5. The quantitative estimate of drug-likeness (QED) is 0.289. The molecule has 2 heterocycles. The van der Waals surface area contributed by atoms with E-state index in [2.05, 4.69) is 78.3 Å². The molecular weight excluding hydrogens is 409 g/mol. The molecule has 2 nitrogen and oxygen atoms in total. The summed E-state index contributed by atoms with van der Waals surface area (Å²) in [5.74, 6) is 0. The average molecular weight is 429 g/mol. The molecule has 1 aromatic heterocycles. The van der Waals surface area contributed by atoms with Crippen LogP contribution in [0.25, 0.3) is 43.7 Å². The predicted octanol–water partition coefficient (Wildman–Crippen LogP) is 6.10. The fourth-order valence-corrected chi connectivity index (χ4v) is 8.57. The van der Waals surface area contributed by atoms with E-state index in [-0.39, 0.29) is 0 Å². The summed E-state index contributed by atoms with van der Waals surface area (Å²) >= 11 is 0. The summed E-state index contributed by atoms with van der Waals surface area (Å²) in [7, 11) is -0.804. The summed E-state index contributed by atoms with van der Waals surface area (Å²) in [4.78, 5) is 0. The number of rotatable bonds is 1. The molecule has 6 aromatic rings. The third-order valence-corrected chi connectivity index (χ3v) is 10.1. The molecule has 0 saturated carbocycles. The van der Waals surface area contributed by atoms with Crippen LogP contribution in [0.3, 0.4) is 0 Å². The van der Waals surface area contributed by atoms with E-state index >= 15 is 0 Å². The molecular formula is C29H20NOP. The maximum atomic E-state index is 14.9. The van der Waals surface area contributed by atoms with Gasteiger partial charge in [-0.3, -0.25) is 0 Å². The van der Waals surface area contributed by atoms with Crippen molar-refractivity contribution < 1.29 is 4.57 Å². The third-order valence-electron chi connectivity index (χ3n) is 6.99. The van der Waals surface area contributed by atoms with Crippen LogP contribution in [0, 0.1) is 0 Å². The Morgan fingerprint density at radius 2 is 1.34 bits per heavy atom.